The second-order valence-electron chi connectivity index (χ2n) is 3.51. The number of rotatable bonds is 7. The van der Waals surface area contributed by atoms with Crippen LogP contribution in [0.5, 0.6) is 0 Å². The third kappa shape index (κ3) is 4.75. The van der Waals surface area contributed by atoms with Gasteiger partial charge in [-0.3, -0.25) is 0 Å². The molecule has 0 amide bonds. The molecular weight excluding hydrogens is 243 g/mol. The molecule has 5 heteroatoms. The zero-order valence-corrected chi connectivity index (χ0v) is 10.4. The summed E-state index contributed by atoms with van der Waals surface area (Å²) >= 11 is 1.61. The molecule has 0 bridgehead atoms. The maximum Gasteiger partial charge on any atom is 0.335 e. The normalized spacial score (nSPS) is 10.5. The molecule has 0 aliphatic carbocycles. The van der Waals surface area contributed by atoms with E-state index in [9.17, 15) is 9.18 Å². The van der Waals surface area contributed by atoms with Gasteiger partial charge < -0.3 is 9.84 Å². The molecule has 0 aliphatic rings. The number of hydrogen-bond acceptors (Lipinski definition) is 3. The van der Waals surface area contributed by atoms with Gasteiger partial charge in [-0.2, -0.15) is 11.8 Å². The number of carbonyl (C=O) groups is 1. The summed E-state index contributed by atoms with van der Waals surface area (Å²) in [6, 6.07) is 4.02. The van der Waals surface area contributed by atoms with Crippen LogP contribution >= 0.6 is 11.8 Å². The summed E-state index contributed by atoms with van der Waals surface area (Å²) in [6.45, 7) is 0.702. The first-order chi connectivity index (χ1) is 8.15. The van der Waals surface area contributed by atoms with Crippen LogP contribution in [0.1, 0.15) is 22.3 Å². The highest BCUT2D eigenvalue weighted by molar-refractivity contribution is 7.98. The van der Waals surface area contributed by atoms with Crippen LogP contribution in [-0.4, -0.2) is 30.5 Å². The van der Waals surface area contributed by atoms with E-state index in [0.29, 0.717) is 17.9 Å². The van der Waals surface area contributed by atoms with Crippen molar-refractivity contribution >= 4 is 17.7 Å². The average molecular weight is 258 g/mol. The van der Waals surface area contributed by atoms with Crippen LogP contribution in [0.25, 0.3) is 0 Å². The maximum atomic E-state index is 13.5. The summed E-state index contributed by atoms with van der Waals surface area (Å²) in [5, 5.41) is 8.69. The average Bonchev–Trinajstić information content (AvgIpc) is 2.30. The Bertz CT molecular complexity index is 382. The van der Waals surface area contributed by atoms with E-state index in [-0.39, 0.29) is 5.56 Å². The number of aromatic carboxylic acids is 1. The Morgan fingerprint density at radius 1 is 1.53 bits per heavy atom. The van der Waals surface area contributed by atoms with Crippen LogP contribution in [-0.2, 0) is 10.5 Å². The van der Waals surface area contributed by atoms with E-state index >= 15 is 0 Å². The van der Waals surface area contributed by atoms with Crippen molar-refractivity contribution in [3.05, 3.63) is 35.1 Å². The van der Waals surface area contributed by atoms with Gasteiger partial charge in [0, 0.05) is 19.5 Å². The Morgan fingerprint density at radius 2 is 2.29 bits per heavy atom. The SMILES string of the molecule is COCCCSCc1ccc(C(=O)O)cc1F. The molecule has 0 spiro atoms. The van der Waals surface area contributed by atoms with E-state index in [0.717, 1.165) is 18.2 Å². The zero-order chi connectivity index (χ0) is 12.7. The first-order valence-corrected chi connectivity index (χ1v) is 6.39. The predicted molar refractivity (Wildman–Crippen MR) is 66.0 cm³/mol. The zero-order valence-electron chi connectivity index (χ0n) is 9.61. The van der Waals surface area contributed by atoms with Crippen molar-refractivity contribution < 1.29 is 19.0 Å². The Hall–Kier alpha value is -1.07. The van der Waals surface area contributed by atoms with E-state index in [1.54, 1.807) is 18.9 Å². The quantitative estimate of drug-likeness (QED) is 0.764. The van der Waals surface area contributed by atoms with Gasteiger partial charge in [-0.25, -0.2) is 9.18 Å². The number of carboxylic acids is 1. The summed E-state index contributed by atoms with van der Waals surface area (Å²) in [5.74, 6) is -0.115. The lowest BCUT2D eigenvalue weighted by molar-refractivity contribution is 0.0696. The molecule has 0 atom stereocenters. The van der Waals surface area contributed by atoms with Crippen LogP contribution in [0.3, 0.4) is 0 Å². The van der Waals surface area contributed by atoms with Gasteiger partial charge in [0.2, 0.25) is 0 Å². The molecule has 94 valence electrons. The molecule has 3 nitrogen and oxygen atoms in total. The predicted octanol–water partition coefficient (Wildman–Crippen LogP) is 2.79. The highest BCUT2D eigenvalue weighted by Gasteiger charge is 2.07. The highest BCUT2D eigenvalue weighted by Crippen LogP contribution is 2.17. The monoisotopic (exact) mass is 258 g/mol. The summed E-state index contributed by atoms with van der Waals surface area (Å²) in [5.41, 5.74) is 0.521. The molecule has 0 aromatic heterocycles. The Kier molecular flexibility index (Phi) is 6.00. The summed E-state index contributed by atoms with van der Waals surface area (Å²) in [6.07, 6.45) is 0.927. The number of thioether (sulfide) groups is 1. The van der Waals surface area contributed by atoms with Gasteiger partial charge in [-0.15, -0.1) is 0 Å². The molecule has 0 saturated carbocycles. The summed E-state index contributed by atoms with van der Waals surface area (Å²) in [7, 11) is 1.65. The molecule has 0 saturated heterocycles. The minimum Gasteiger partial charge on any atom is -0.478 e. The van der Waals surface area contributed by atoms with Crippen molar-refractivity contribution in [2.75, 3.05) is 19.5 Å². The lowest BCUT2D eigenvalue weighted by Gasteiger charge is -2.04. The Labute approximate surface area is 104 Å². The second-order valence-corrected chi connectivity index (χ2v) is 4.62. The molecule has 17 heavy (non-hydrogen) atoms. The van der Waals surface area contributed by atoms with Crippen molar-refractivity contribution in [3.8, 4) is 0 Å². The fourth-order valence-corrected chi connectivity index (χ4v) is 2.21. The Morgan fingerprint density at radius 3 is 2.88 bits per heavy atom. The first kappa shape index (κ1) is 14.0. The number of methoxy groups -OCH3 is 1. The lowest BCUT2D eigenvalue weighted by Crippen LogP contribution is -1.99. The fourth-order valence-electron chi connectivity index (χ4n) is 1.28. The number of halogens is 1. The van der Waals surface area contributed by atoms with Gasteiger partial charge in [-0.05, 0) is 29.9 Å². The Balaban J connectivity index is 2.46. The molecule has 0 heterocycles. The van der Waals surface area contributed by atoms with Crippen molar-refractivity contribution in [1.29, 1.82) is 0 Å². The molecule has 1 aromatic carbocycles. The number of ether oxygens (including phenoxy) is 1. The van der Waals surface area contributed by atoms with Gasteiger partial charge in [-0.1, -0.05) is 6.07 Å². The van der Waals surface area contributed by atoms with Crippen LogP contribution in [0, 0.1) is 5.82 Å². The van der Waals surface area contributed by atoms with Crippen molar-refractivity contribution in [3.63, 3.8) is 0 Å². The molecule has 1 aromatic rings. The van der Waals surface area contributed by atoms with Crippen LogP contribution in [0.2, 0.25) is 0 Å². The summed E-state index contributed by atoms with van der Waals surface area (Å²) < 4.78 is 18.4. The number of carboxylic acid groups (broad SMARTS) is 1. The van der Waals surface area contributed by atoms with Gasteiger partial charge >= 0.3 is 5.97 Å². The minimum atomic E-state index is -1.11. The molecular formula is C12H15FO3S. The van der Waals surface area contributed by atoms with E-state index in [4.69, 9.17) is 9.84 Å². The molecule has 0 fully saturated rings. The van der Waals surface area contributed by atoms with E-state index < -0.39 is 11.8 Å². The number of benzene rings is 1. The molecule has 1 rings (SSSR count). The van der Waals surface area contributed by atoms with Crippen molar-refractivity contribution in [2.24, 2.45) is 0 Å². The minimum absolute atomic E-state index is 0.0179. The molecule has 0 unspecified atom stereocenters. The first-order valence-electron chi connectivity index (χ1n) is 5.23. The van der Waals surface area contributed by atoms with Gasteiger partial charge in [0.15, 0.2) is 0 Å². The summed E-state index contributed by atoms with van der Waals surface area (Å²) in [4.78, 5) is 10.6. The van der Waals surface area contributed by atoms with Gasteiger partial charge in [0.25, 0.3) is 0 Å². The van der Waals surface area contributed by atoms with E-state index in [1.165, 1.54) is 12.1 Å². The number of hydrogen-bond donors (Lipinski definition) is 1. The standard InChI is InChI=1S/C12H15FO3S/c1-16-5-2-6-17-8-10-4-3-9(12(14)15)7-11(10)13/h3-4,7H,2,5-6,8H2,1H3,(H,14,15). The lowest BCUT2D eigenvalue weighted by atomic mass is 10.1. The highest BCUT2D eigenvalue weighted by atomic mass is 32.2. The third-order valence-corrected chi connectivity index (χ3v) is 3.29. The van der Waals surface area contributed by atoms with Crippen LogP contribution < -0.4 is 0 Å². The van der Waals surface area contributed by atoms with Crippen molar-refractivity contribution in [2.45, 2.75) is 12.2 Å². The maximum absolute atomic E-state index is 13.5. The molecule has 0 aliphatic heterocycles. The van der Waals surface area contributed by atoms with Crippen molar-refractivity contribution in [1.82, 2.24) is 0 Å². The third-order valence-electron chi connectivity index (χ3n) is 2.19. The van der Waals surface area contributed by atoms with Crippen LogP contribution in [0.4, 0.5) is 4.39 Å². The second kappa shape index (κ2) is 7.29. The van der Waals surface area contributed by atoms with Gasteiger partial charge in [0.1, 0.15) is 5.82 Å². The largest absolute Gasteiger partial charge is 0.478 e. The van der Waals surface area contributed by atoms with E-state index in [2.05, 4.69) is 0 Å². The smallest absolute Gasteiger partial charge is 0.335 e. The van der Waals surface area contributed by atoms with E-state index in [1.807, 2.05) is 0 Å². The molecule has 0 radical (unpaired) electrons. The van der Waals surface area contributed by atoms with Gasteiger partial charge in [0.05, 0.1) is 5.56 Å². The topological polar surface area (TPSA) is 46.5 Å². The molecule has 1 N–H and O–H groups in total. The van der Waals surface area contributed by atoms with Crippen LogP contribution in [0.15, 0.2) is 18.2 Å². The fraction of sp³-hybridized carbons (Fsp3) is 0.417.